The Labute approximate surface area is 187 Å². The Bertz CT molecular complexity index is 1420. The molecule has 2 aromatic carbocycles. The van der Waals surface area contributed by atoms with Crippen LogP contribution in [0, 0.1) is 13.8 Å². The minimum atomic E-state index is -0.180. The van der Waals surface area contributed by atoms with Crippen LogP contribution in [0.25, 0.3) is 16.0 Å². The number of fused-ring (bicyclic) bond motifs is 1. The lowest BCUT2D eigenvalue weighted by atomic mass is 10.2. The molecule has 9 heteroatoms. The molecule has 0 radical (unpaired) electrons. The number of hydrogen-bond donors (Lipinski definition) is 1. The molecule has 3 heterocycles. The van der Waals surface area contributed by atoms with E-state index in [9.17, 15) is 4.79 Å². The van der Waals surface area contributed by atoms with Crippen LogP contribution in [0.2, 0.25) is 0 Å². The lowest BCUT2D eigenvalue weighted by Gasteiger charge is -2.09. The molecular formula is C23H18N6O2S. The van der Waals surface area contributed by atoms with Crippen LogP contribution < -0.4 is 10.1 Å². The van der Waals surface area contributed by atoms with Crippen molar-refractivity contribution < 1.29 is 9.53 Å². The van der Waals surface area contributed by atoms with Gasteiger partial charge in [-0.1, -0.05) is 0 Å². The van der Waals surface area contributed by atoms with Gasteiger partial charge in [0.2, 0.25) is 5.88 Å². The van der Waals surface area contributed by atoms with Gasteiger partial charge in [0.25, 0.3) is 5.91 Å². The monoisotopic (exact) mass is 442 g/mol. The zero-order valence-corrected chi connectivity index (χ0v) is 18.1. The SMILES string of the molecule is Cc1ncn(-c2cc(Oc3ccc(NC(=O)c4ccc5ncsc5c4)cc3)ncn2)c1C. The van der Waals surface area contributed by atoms with Crippen LogP contribution in [0.3, 0.4) is 0 Å². The summed E-state index contributed by atoms with van der Waals surface area (Å²) in [6.45, 7) is 3.93. The molecule has 0 fully saturated rings. The summed E-state index contributed by atoms with van der Waals surface area (Å²) >= 11 is 1.51. The first-order valence-electron chi connectivity index (χ1n) is 9.82. The van der Waals surface area contributed by atoms with E-state index in [0.29, 0.717) is 28.7 Å². The summed E-state index contributed by atoms with van der Waals surface area (Å²) < 4.78 is 8.73. The highest BCUT2D eigenvalue weighted by molar-refractivity contribution is 7.16. The number of nitrogens with one attached hydrogen (secondary N) is 1. The molecule has 5 rings (SSSR count). The van der Waals surface area contributed by atoms with E-state index in [1.165, 1.54) is 17.7 Å². The summed E-state index contributed by atoms with van der Waals surface area (Å²) in [5.74, 6) is 1.50. The van der Waals surface area contributed by atoms with Crippen LogP contribution in [0.4, 0.5) is 5.69 Å². The van der Waals surface area contributed by atoms with Crippen LogP contribution in [-0.2, 0) is 0 Å². The van der Waals surface area contributed by atoms with Crippen LogP contribution in [-0.4, -0.2) is 30.4 Å². The van der Waals surface area contributed by atoms with Crippen molar-refractivity contribution in [2.24, 2.45) is 0 Å². The standard InChI is InChI=1S/C23H18N6O2S/c1-14-15(2)29(12-26-14)21-10-22(25-11-24-21)31-18-6-4-17(5-7-18)28-23(30)16-3-8-19-20(9-16)32-13-27-19/h3-13H,1-2H3,(H,28,30). The van der Waals surface area contributed by atoms with Crippen molar-refractivity contribution in [3.05, 3.63) is 83.6 Å². The Hall–Kier alpha value is -4.11. The molecule has 0 aliphatic carbocycles. The molecule has 158 valence electrons. The predicted octanol–water partition coefficient (Wildman–Crippen LogP) is 4.93. The van der Waals surface area contributed by atoms with Gasteiger partial charge < -0.3 is 10.1 Å². The zero-order valence-electron chi connectivity index (χ0n) is 17.3. The number of imidazole rings is 1. The largest absolute Gasteiger partial charge is 0.439 e. The maximum Gasteiger partial charge on any atom is 0.255 e. The molecule has 8 nitrogen and oxygen atoms in total. The lowest BCUT2D eigenvalue weighted by Crippen LogP contribution is -2.11. The molecular weight excluding hydrogens is 424 g/mol. The molecule has 5 aromatic rings. The van der Waals surface area contributed by atoms with Gasteiger partial charge >= 0.3 is 0 Å². The highest BCUT2D eigenvalue weighted by Crippen LogP contribution is 2.24. The second-order valence-electron chi connectivity index (χ2n) is 7.12. The minimum Gasteiger partial charge on any atom is -0.439 e. The fourth-order valence-electron chi connectivity index (χ4n) is 3.17. The number of ether oxygens (including phenoxy) is 1. The van der Waals surface area contributed by atoms with Crippen molar-refractivity contribution in [2.45, 2.75) is 13.8 Å². The summed E-state index contributed by atoms with van der Waals surface area (Å²) in [6.07, 6.45) is 3.18. The first-order chi connectivity index (χ1) is 15.6. The molecule has 0 aliphatic rings. The average Bonchev–Trinajstić information content (AvgIpc) is 3.41. The van der Waals surface area contributed by atoms with Gasteiger partial charge in [0.15, 0.2) is 0 Å². The van der Waals surface area contributed by atoms with Gasteiger partial charge in [0.1, 0.15) is 24.2 Å². The summed E-state index contributed by atoms with van der Waals surface area (Å²) in [6, 6.07) is 14.3. The minimum absolute atomic E-state index is 0.180. The molecule has 1 N–H and O–H groups in total. The normalized spacial score (nSPS) is 10.9. The van der Waals surface area contributed by atoms with Crippen molar-refractivity contribution in [3.63, 3.8) is 0 Å². The van der Waals surface area contributed by atoms with Crippen molar-refractivity contribution in [1.82, 2.24) is 24.5 Å². The summed E-state index contributed by atoms with van der Waals surface area (Å²) in [4.78, 5) is 29.6. The highest BCUT2D eigenvalue weighted by atomic mass is 32.1. The van der Waals surface area contributed by atoms with Crippen molar-refractivity contribution in [1.29, 1.82) is 0 Å². The van der Waals surface area contributed by atoms with Gasteiger partial charge in [0, 0.05) is 23.0 Å². The van der Waals surface area contributed by atoms with Crippen molar-refractivity contribution in [2.75, 3.05) is 5.32 Å². The maximum atomic E-state index is 12.6. The van der Waals surface area contributed by atoms with Gasteiger partial charge in [0.05, 0.1) is 21.4 Å². The number of thiazole rings is 1. The third-order valence-electron chi connectivity index (χ3n) is 5.05. The van der Waals surface area contributed by atoms with E-state index in [1.807, 2.05) is 30.5 Å². The first kappa shape index (κ1) is 19.8. The Morgan fingerprint density at radius 3 is 2.62 bits per heavy atom. The molecule has 0 unspecified atom stereocenters. The molecule has 0 spiro atoms. The van der Waals surface area contributed by atoms with E-state index in [1.54, 1.807) is 48.2 Å². The van der Waals surface area contributed by atoms with E-state index in [4.69, 9.17) is 4.74 Å². The van der Waals surface area contributed by atoms with Gasteiger partial charge in [-0.25, -0.2) is 19.9 Å². The Kier molecular flexibility index (Phi) is 5.08. The molecule has 0 atom stereocenters. The Morgan fingerprint density at radius 2 is 1.84 bits per heavy atom. The summed E-state index contributed by atoms with van der Waals surface area (Å²) in [7, 11) is 0. The van der Waals surface area contributed by atoms with Crippen LogP contribution >= 0.6 is 11.3 Å². The number of amides is 1. The topological polar surface area (TPSA) is 94.8 Å². The van der Waals surface area contributed by atoms with Crippen LogP contribution in [0.5, 0.6) is 11.6 Å². The molecule has 0 saturated heterocycles. The lowest BCUT2D eigenvalue weighted by molar-refractivity contribution is 0.102. The summed E-state index contributed by atoms with van der Waals surface area (Å²) in [5.41, 5.74) is 5.85. The summed E-state index contributed by atoms with van der Waals surface area (Å²) in [5, 5.41) is 2.90. The number of nitrogens with zero attached hydrogens (tertiary/aromatic N) is 5. The third kappa shape index (κ3) is 3.93. The number of aryl methyl sites for hydroxylation is 1. The average molecular weight is 443 g/mol. The van der Waals surface area contributed by atoms with Crippen LogP contribution in [0.1, 0.15) is 21.7 Å². The molecule has 3 aromatic heterocycles. The molecule has 0 saturated carbocycles. The zero-order chi connectivity index (χ0) is 22.1. The maximum absolute atomic E-state index is 12.6. The second kappa shape index (κ2) is 8.20. The van der Waals surface area contributed by atoms with Crippen molar-refractivity contribution >= 4 is 33.1 Å². The molecule has 1 amide bonds. The third-order valence-corrected chi connectivity index (χ3v) is 5.85. The van der Waals surface area contributed by atoms with E-state index in [0.717, 1.165) is 21.6 Å². The first-order valence-corrected chi connectivity index (χ1v) is 10.7. The second-order valence-corrected chi connectivity index (χ2v) is 8.00. The Balaban J connectivity index is 1.28. The van der Waals surface area contributed by atoms with Gasteiger partial charge in [-0.05, 0) is 56.3 Å². The van der Waals surface area contributed by atoms with Gasteiger partial charge in [-0.2, -0.15) is 0 Å². The van der Waals surface area contributed by atoms with E-state index in [-0.39, 0.29) is 5.91 Å². The number of carbonyl (C=O) groups excluding carboxylic acids is 1. The predicted molar refractivity (Wildman–Crippen MR) is 123 cm³/mol. The number of benzene rings is 2. The number of carbonyl (C=O) groups is 1. The smallest absolute Gasteiger partial charge is 0.255 e. The molecule has 32 heavy (non-hydrogen) atoms. The quantitative estimate of drug-likeness (QED) is 0.415. The fraction of sp³-hybridized carbons (Fsp3) is 0.0870. The number of anilines is 1. The molecule has 0 aliphatic heterocycles. The Morgan fingerprint density at radius 1 is 1.00 bits per heavy atom. The fourth-order valence-corrected chi connectivity index (χ4v) is 3.89. The molecule has 0 bridgehead atoms. The van der Waals surface area contributed by atoms with Gasteiger partial charge in [-0.15, -0.1) is 11.3 Å². The van der Waals surface area contributed by atoms with E-state index in [2.05, 4.69) is 25.3 Å². The van der Waals surface area contributed by atoms with Crippen LogP contribution in [0.15, 0.2) is 66.7 Å². The number of aromatic nitrogens is 5. The highest BCUT2D eigenvalue weighted by Gasteiger charge is 2.10. The number of hydrogen-bond acceptors (Lipinski definition) is 7. The van der Waals surface area contributed by atoms with Gasteiger partial charge in [-0.3, -0.25) is 9.36 Å². The van der Waals surface area contributed by atoms with E-state index >= 15 is 0 Å². The number of rotatable bonds is 5. The van der Waals surface area contributed by atoms with E-state index < -0.39 is 0 Å². The van der Waals surface area contributed by atoms with Crippen molar-refractivity contribution in [3.8, 4) is 17.4 Å².